The summed E-state index contributed by atoms with van der Waals surface area (Å²) in [5, 5.41) is 8.44. The Hall–Kier alpha value is -2.07. The Morgan fingerprint density at radius 2 is 1.70 bits per heavy atom. The fourth-order valence-electron chi connectivity index (χ4n) is 2.12. The lowest BCUT2D eigenvalue weighted by Gasteiger charge is -2.00. The van der Waals surface area contributed by atoms with Crippen LogP contribution in [0.2, 0.25) is 0 Å². The standard InChI is InChI=1S/C16H19NO3/c18-16(17-19)12-15-11-10-14(20-15)9-5-4-8-13-6-2-1-3-7-13/h1-3,6-7,10-11,19H,4-5,8-9,12H2,(H,17,18). The predicted molar refractivity (Wildman–Crippen MR) is 75.4 cm³/mol. The summed E-state index contributed by atoms with van der Waals surface area (Å²) in [5.74, 6) is 1.00. The largest absolute Gasteiger partial charge is 0.466 e. The second-order valence-corrected chi connectivity index (χ2v) is 4.77. The number of hydrogen-bond donors (Lipinski definition) is 2. The Morgan fingerprint density at radius 3 is 2.45 bits per heavy atom. The smallest absolute Gasteiger partial charge is 0.250 e. The first-order valence-electron chi connectivity index (χ1n) is 6.82. The van der Waals surface area contributed by atoms with E-state index in [-0.39, 0.29) is 6.42 Å². The van der Waals surface area contributed by atoms with Gasteiger partial charge < -0.3 is 4.42 Å². The number of carbonyl (C=O) groups excluding carboxylic acids is 1. The van der Waals surface area contributed by atoms with Crippen LogP contribution in [0.4, 0.5) is 0 Å². The molecule has 0 aliphatic rings. The second kappa shape index (κ2) is 7.50. The van der Waals surface area contributed by atoms with Gasteiger partial charge in [0.15, 0.2) is 0 Å². The van der Waals surface area contributed by atoms with E-state index in [1.165, 1.54) is 5.56 Å². The molecule has 106 valence electrons. The van der Waals surface area contributed by atoms with Gasteiger partial charge in [-0.1, -0.05) is 30.3 Å². The summed E-state index contributed by atoms with van der Waals surface area (Å²) in [6, 6.07) is 14.1. The summed E-state index contributed by atoms with van der Waals surface area (Å²) in [4.78, 5) is 11.0. The highest BCUT2D eigenvalue weighted by atomic mass is 16.5. The average molecular weight is 273 g/mol. The summed E-state index contributed by atoms with van der Waals surface area (Å²) in [6.07, 6.45) is 4.17. The normalized spacial score (nSPS) is 10.4. The van der Waals surface area contributed by atoms with Crippen LogP contribution < -0.4 is 5.48 Å². The van der Waals surface area contributed by atoms with Crippen LogP contribution in [-0.2, 0) is 24.1 Å². The predicted octanol–water partition coefficient (Wildman–Crippen LogP) is 2.89. The third kappa shape index (κ3) is 4.55. The van der Waals surface area contributed by atoms with E-state index < -0.39 is 5.91 Å². The summed E-state index contributed by atoms with van der Waals surface area (Å²) in [6.45, 7) is 0. The maximum Gasteiger partial charge on any atom is 0.250 e. The molecule has 0 saturated heterocycles. The topological polar surface area (TPSA) is 62.5 Å². The molecule has 2 rings (SSSR count). The quantitative estimate of drug-likeness (QED) is 0.463. The van der Waals surface area contributed by atoms with Gasteiger partial charge in [0.2, 0.25) is 0 Å². The third-order valence-electron chi connectivity index (χ3n) is 3.16. The molecule has 1 aromatic carbocycles. The number of hydrogen-bond acceptors (Lipinski definition) is 3. The van der Waals surface area contributed by atoms with Crippen molar-refractivity contribution in [3.8, 4) is 0 Å². The molecule has 20 heavy (non-hydrogen) atoms. The van der Waals surface area contributed by atoms with Gasteiger partial charge in [0.05, 0.1) is 6.42 Å². The maximum atomic E-state index is 11.0. The van der Waals surface area contributed by atoms with E-state index in [0.29, 0.717) is 5.76 Å². The zero-order valence-corrected chi connectivity index (χ0v) is 11.3. The number of furan rings is 1. The van der Waals surface area contributed by atoms with Crippen molar-refractivity contribution in [3.63, 3.8) is 0 Å². The molecule has 0 unspecified atom stereocenters. The Balaban J connectivity index is 1.70. The monoisotopic (exact) mass is 273 g/mol. The lowest BCUT2D eigenvalue weighted by molar-refractivity contribution is -0.128. The molecule has 1 heterocycles. The molecule has 0 atom stereocenters. The minimum atomic E-state index is -0.463. The minimum Gasteiger partial charge on any atom is -0.466 e. The number of rotatable bonds is 7. The van der Waals surface area contributed by atoms with Crippen LogP contribution in [-0.4, -0.2) is 11.1 Å². The van der Waals surface area contributed by atoms with Gasteiger partial charge in [-0.2, -0.15) is 0 Å². The van der Waals surface area contributed by atoms with Gasteiger partial charge in [-0.25, -0.2) is 5.48 Å². The fourth-order valence-corrected chi connectivity index (χ4v) is 2.12. The van der Waals surface area contributed by atoms with Gasteiger partial charge in [-0.3, -0.25) is 10.0 Å². The van der Waals surface area contributed by atoms with Crippen molar-refractivity contribution in [1.29, 1.82) is 0 Å². The van der Waals surface area contributed by atoms with E-state index >= 15 is 0 Å². The van der Waals surface area contributed by atoms with Crippen LogP contribution in [0.5, 0.6) is 0 Å². The SMILES string of the molecule is O=C(Cc1ccc(CCCCc2ccccc2)o1)NO. The molecule has 4 heteroatoms. The van der Waals surface area contributed by atoms with E-state index in [4.69, 9.17) is 9.62 Å². The number of aryl methyl sites for hydroxylation is 2. The summed E-state index contributed by atoms with van der Waals surface area (Å²) in [7, 11) is 0. The van der Waals surface area contributed by atoms with Crippen molar-refractivity contribution in [2.45, 2.75) is 32.1 Å². The molecular formula is C16H19NO3. The molecule has 4 nitrogen and oxygen atoms in total. The Morgan fingerprint density at radius 1 is 1.00 bits per heavy atom. The van der Waals surface area contributed by atoms with E-state index in [0.717, 1.165) is 31.4 Å². The van der Waals surface area contributed by atoms with Gasteiger partial charge in [0, 0.05) is 6.42 Å². The van der Waals surface area contributed by atoms with Gasteiger partial charge in [-0.05, 0) is 37.0 Å². The van der Waals surface area contributed by atoms with E-state index in [1.54, 1.807) is 11.5 Å². The fraction of sp³-hybridized carbons (Fsp3) is 0.312. The average Bonchev–Trinajstić information content (AvgIpc) is 2.92. The van der Waals surface area contributed by atoms with E-state index in [1.807, 2.05) is 12.1 Å². The highest BCUT2D eigenvalue weighted by Gasteiger charge is 2.06. The summed E-state index contributed by atoms with van der Waals surface area (Å²) < 4.78 is 5.54. The molecule has 0 radical (unpaired) electrons. The number of benzene rings is 1. The Kier molecular flexibility index (Phi) is 5.38. The maximum absolute atomic E-state index is 11.0. The van der Waals surface area contributed by atoms with Crippen molar-refractivity contribution in [3.05, 3.63) is 59.5 Å². The molecule has 2 aromatic rings. The van der Waals surface area contributed by atoms with Gasteiger partial charge in [0.1, 0.15) is 11.5 Å². The number of carbonyl (C=O) groups is 1. The zero-order valence-electron chi connectivity index (χ0n) is 11.3. The Bertz CT molecular complexity index is 534. The van der Waals surface area contributed by atoms with E-state index in [2.05, 4.69) is 24.3 Å². The minimum absolute atomic E-state index is 0.0700. The van der Waals surface area contributed by atoms with Gasteiger partial charge >= 0.3 is 0 Å². The highest BCUT2D eigenvalue weighted by Crippen LogP contribution is 2.13. The number of nitrogens with one attached hydrogen (secondary N) is 1. The van der Waals surface area contributed by atoms with E-state index in [9.17, 15) is 4.79 Å². The molecule has 0 aliphatic heterocycles. The molecule has 0 fully saturated rings. The molecule has 2 N–H and O–H groups in total. The first-order chi connectivity index (χ1) is 9.78. The van der Waals surface area contributed by atoms with Crippen molar-refractivity contribution < 1.29 is 14.4 Å². The molecule has 1 aromatic heterocycles. The first kappa shape index (κ1) is 14.3. The number of hydroxylamine groups is 1. The molecular weight excluding hydrogens is 254 g/mol. The van der Waals surface area contributed by atoms with Crippen LogP contribution in [0, 0.1) is 0 Å². The van der Waals surface area contributed by atoms with Crippen LogP contribution in [0.15, 0.2) is 46.9 Å². The Labute approximate surface area is 118 Å². The first-order valence-corrected chi connectivity index (χ1v) is 6.82. The van der Waals surface area contributed by atoms with Crippen molar-refractivity contribution in [2.75, 3.05) is 0 Å². The van der Waals surface area contributed by atoms with Crippen LogP contribution in [0.25, 0.3) is 0 Å². The van der Waals surface area contributed by atoms with Gasteiger partial charge in [-0.15, -0.1) is 0 Å². The molecule has 1 amide bonds. The van der Waals surface area contributed by atoms with Crippen LogP contribution >= 0.6 is 0 Å². The van der Waals surface area contributed by atoms with Crippen LogP contribution in [0.3, 0.4) is 0 Å². The van der Waals surface area contributed by atoms with Crippen molar-refractivity contribution in [1.82, 2.24) is 5.48 Å². The molecule has 0 aliphatic carbocycles. The lowest BCUT2D eigenvalue weighted by Crippen LogP contribution is -2.20. The molecule has 0 bridgehead atoms. The highest BCUT2D eigenvalue weighted by molar-refractivity contribution is 5.76. The summed E-state index contributed by atoms with van der Waals surface area (Å²) in [5.41, 5.74) is 2.95. The third-order valence-corrected chi connectivity index (χ3v) is 3.16. The number of unbranched alkanes of at least 4 members (excludes halogenated alkanes) is 1. The molecule has 0 spiro atoms. The number of amides is 1. The zero-order chi connectivity index (χ0) is 14.2. The molecule has 0 saturated carbocycles. The van der Waals surface area contributed by atoms with Crippen molar-refractivity contribution in [2.24, 2.45) is 0 Å². The summed E-state index contributed by atoms with van der Waals surface area (Å²) >= 11 is 0. The van der Waals surface area contributed by atoms with Crippen LogP contribution in [0.1, 0.15) is 29.9 Å². The van der Waals surface area contributed by atoms with Crippen molar-refractivity contribution >= 4 is 5.91 Å². The van der Waals surface area contributed by atoms with Gasteiger partial charge in [0.25, 0.3) is 5.91 Å². The lowest BCUT2D eigenvalue weighted by atomic mass is 10.1. The second-order valence-electron chi connectivity index (χ2n) is 4.77.